The molecule has 0 bridgehead atoms. The highest BCUT2D eigenvalue weighted by Crippen LogP contribution is 2.24. The van der Waals surface area contributed by atoms with Gasteiger partial charge in [0.05, 0.1) is 4.90 Å². The Kier molecular flexibility index (Phi) is 5.43. The van der Waals surface area contributed by atoms with Crippen molar-refractivity contribution >= 4 is 26.0 Å². The van der Waals surface area contributed by atoms with Gasteiger partial charge >= 0.3 is 0 Å². The summed E-state index contributed by atoms with van der Waals surface area (Å²) >= 11 is 0. The average Bonchev–Trinajstić information content (AvgIpc) is 3.03. The van der Waals surface area contributed by atoms with Gasteiger partial charge in [0.25, 0.3) is 0 Å². The zero-order chi connectivity index (χ0) is 18.0. The third kappa shape index (κ3) is 4.20. The molecule has 1 atom stereocenters. The van der Waals surface area contributed by atoms with Crippen molar-refractivity contribution in [3.8, 4) is 0 Å². The van der Waals surface area contributed by atoms with Crippen LogP contribution in [-0.4, -0.2) is 46.7 Å². The van der Waals surface area contributed by atoms with Crippen LogP contribution in [0.2, 0.25) is 0 Å². The van der Waals surface area contributed by atoms with Crippen molar-refractivity contribution in [2.24, 2.45) is 11.7 Å². The normalized spacial score (nSPS) is 19.2. The fourth-order valence-electron chi connectivity index (χ4n) is 2.42. The minimum absolute atomic E-state index is 0.0693. The van der Waals surface area contributed by atoms with Gasteiger partial charge in [-0.3, -0.25) is 4.79 Å². The van der Waals surface area contributed by atoms with Gasteiger partial charge in [-0.15, -0.1) is 0 Å². The molecule has 8 nitrogen and oxygen atoms in total. The first-order valence-corrected chi connectivity index (χ1v) is 10.2. The molecule has 1 heterocycles. The van der Waals surface area contributed by atoms with Crippen LogP contribution in [0.4, 0.5) is 0 Å². The van der Waals surface area contributed by atoms with Gasteiger partial charge in [0.2, 0.25) is 26.0 Å². The van der Waals surface area contributed by atoms with Crippen molar-refractivity contribution in [1.82, 2.24) is 9.03 Å². The molecule has 1 aromatic rings. The molecule has 1 aliphatic heterocycles. The van der Waals surface area contributed by atoms with E-state index in [1.807, 2.05) is 0 Å². The SMILES string of the molecule is C=CS(=O)(=O)NC[C@H]1CCN(S(=O)(=O)c2ccc(C(N)=O)cc2)C1. The maximum Gasteiger partial charge on any atom is 0.248 e. The van der Waals surface area contributed by atoms with E-state index in [1.165, 1.54) is 28.6 Å². The summed E-state index contributed by atoms with van der Waals surface area (Å²) < 4.78 is 51.5. The van der Waals surface area contributed by atoms with Gasteiger partial charge in [0.1, 0.15) is 0 Å². The highest BCUT2D eigenvalue weighted by Gasteiger charge is 2.32. The molecule has 2 rings (SSSR count). The Balaban J connectivity index is 2.06. The van der Waals surface area contributed by atoms with E-state index in [0.717, 1.165) is 5.41 Å². The summed E-state index contributed by atoms with van der Waals surface area (Å²) in [7, 11) is -7.21. The molecule has 3 N–H and O–H groups in total. The summed E-state index contributed by atoms with van der Waals surface area (Å²) in [6.07, 6.45) is 0.554. The van der Waals surface area contributed by atoms with Crippen LogP contribution in [0.15, 0.2) is 41.1 Å². The number of hydrogen-bond acceptors (Lipinski definition) is 5. The van der Waals surface area contributed by atoms with Gasteiger partial charge in [-0.25, -0.2) is 21.6 Å². The van der Waals surface area contributed by atoms with Crippen LogP contribution in [0, 0.1) is 5.92 Å². The number of primary amides is 1. The lowest BCUT2D eigenvalue weighted by Crippen LogP contribution is -2.32. The smallest absolute Gasteiger partial charge is 0.248 e. The Hall–Kier alpha value is -1.75. The molecule has 1 aliphatic rings. The van der Waals surface area contributed by atoms with E-state index < -0.39 is 26.0 Å². The van der Waals surface area contributed by atoms with Crippen LogP contribution in [0.1, 0.15) is 16.8 Å². The number of benzene rings is 1. The predicted molar refractivity (Wildman–Crippen MR) is 88.9 cm³/mol. The first-order valence-electron chi connectivity index (χ1n) is 7.18. The number of carbonyl (C=O) groups excluding carboxylic acids is 1. The fraction of sp³-hybridized carbons (Fsp3) is 0.357. The van der Waals surface area contributed by atoms with Crippen LogP contribution in [0.5, 0.6) is 0 Å². The van der Waals surface area contributed by atoms with Gasteiger partial charge < -0.3 is 5.73 Å². The average molecular weight is 373 g/mol. The maximum absolute atomic E-state index is 12.6. The molecule has 132 valence electrons. The van der Waals surface area contributed by atoms with Gasteiger partial charge in [0, 0.05) is 30.6 Å². The molecule has 0 spiro atoms. The van der Waals surface area contributed by atoms with E-state index in [-0.39, 0.29) is 29.5 Å². The minimum Gasteiger partial charge on any atom is -0.366 e. The summed E-state index contributed by atoms with van der Waals surface area (Å²) in [5, 5.41) is 0.816. The zero-order valence-corrected chi connectivity index (χ0v) is 14.5. The molecule has 1 amide bonds. The Morgan fingerprint density at radius 3 is 2.46 bits per heavy atom. The predicted octanol–water partition coefficient (Wildman–Crippen LogP) is -0.141. The molecule has 0 saturated carbocycles. The second-order valence-corrected chi connectivity index (χ2v) is 9.12. The number of rotatable bonds is 7. The second-order valence-electron chi connectivity index (χ2n) is 5.47. The zero-order valence-electron chi connectivity index (χ0n) is 12.9. The van der Waals surface area contributed by atoms with E-state index in [1.54, 1.807) is 0 Å². The number of nitrogens with one attached hydrogen (secondary N) is 1. The van der Waals surface area contributed by atoms with Gasteiger partial charge in [-0.05, 0) is 36.6 Å². The number of nitrogens with zero attached hydrogens (tertiary/aromatic N) is 1. The molecule has 0 aromatic heterocycles. The van der Waals surface area contributed by atoms with Crippen LogP contribution in [0.3, 0.4) is 0 Å². The molecule has 0 aliphatic carbocycles. The first-order chi connectivity index (χ1) is 11.2. The molecule has 1 aromatic carbocycles. The molecule has 10 heteroatoms. The summed E-state index contributed by atoms with van der Waals surface area (Å²) in [4.78, 5) is 11.1. The number of hydrogen-bond donors (Lipinski definition) is 2. The standard InChI is InChI=1S/C14H19N3O5S2/c1-2-23(19,20)16-9-11-7-8-17(10-11)24(21,22)13-5-3-12(4-6-13)14(15)18/h2-6,11,16H,1,7-10H2,(H2,15,18)/t11-/m1/s1. The van der Waals surface area contributed by atoms with E-state index in [2.05, 4.69) is 11.3 Å². The third-order valence-corrected chi connectivity index (χ3v) is 6.71. The Labute approximate surface area is 141 Å². The number of amides is 1. The largest absolute Gasteiger partial charge is 0.366 e. The molecule has 0 radical (unpaired) electrons. The summed E-state index contributed by atoms with van der Waals surface area (Å²) in [6.45, 7) is 3.88. The third-order valence-electron chi connectivity index (χ3n) is 3.82. The molecule has 1 fully saturated rings. The van der Waals surface area contributed by atoms with Crippen LogP contribution < -0.4 is 10.5 Å². The Morgan fingerprint density at radius 1 is 1.29 bits per heavy atom. The molecule has 0 unspecified atom stereocenters. The number of carbonyl (C=O) groups is 1. The van der Waals surface area contributed by atoms with E-state index in [0.29, 0.717) is 13.0 Å². The van der Waals surface area contributed by atoms with Crippen LogP contribution in [-0.2, 0) is 20.0 Å². The first kappa shape index (κ1) is 18.6. The second kappa shape index (κ2) is 7.01. The van der Waals surface area contributed by atoms with Crippen LogP contribution in [0.25, 0.3) is 0 Å². The summed E-state index contributed by atoms with van der Waals surface area (Å²) in [5.41, 5.74) is 5.36. The van der Waals surface area contributed by atoms with E-state index >= 15 is 0 Å². The lowest BCUT2D eigenvalue weighted by molar-refractivity contribution is 0.1000. The topological polar surface area (TPSA) is 127 Å². The van der Waals surface area contributed by atoms with Crippen molar-refractivity contribution in [3.63, 3.8) is 0 Å². The summed E-state index contributed by atoms with van der Waals surface area (Å²) in [5.74, 6) is -0.742. The minimum atomic E-state index is -3.69. The Morgan fingerprint density at radius 2 is 1.92 bits per heavy atom. The van der Waals surface area contributed by atoms with Gasteiger partial charge in [0.15, 0.2) is 0 Å². The van der Waals surface area contributed by atoms with Crippen molar-refractivity contribution < 1.29 is 21.6 Å². The Bertz CT molecular complexity index is 832. The monoisotopic (exact) mass is 373 g/mol. The molecule has 1 saturated heterocycles. The highest BCUT2D eigenvalue weighted by molar-refractivity contribution is 7.92. The maximum atomic E-state index is 12.6. The van der Waals surface area contributed by atoms with Crippen molar-refractivity contribution in [2.45, 2.75) is 11.3 Å². The fourth-order valence-corrected chi connectivity index (χ4v) is 4.53. The molecular formula is C14H19N3O5S2. The van der Waals surface area contributed by atoms with E-state index in [4.69, 9.17) is 5.73 Å². The highest BCUT2D eigenvalue weighted by atomic mass is 32.2. The summed E-state index contributed by atoms with van der Waals surface area (Å²) in [6, 6.07) is 5.40. The van der Waals surface area contributed by atoms with Gasteiger partial charge in [-0.1, -0.05) is 6.58 Å². The number of nitrogens with two attached hydrogens (primary N) is 1. The number of sulfonamides is 2. The van der Waals surface area contributed by atoms with E-state index in [9.17, 15) is 21.6 Å². The van der Waals surface area contributed by atoms with Gasteiger partial charge in [-0.2, -0.15) is 4.31 Å². The van der Waals surface area contributed by atoms with Crippen LogP contribution >= 0.6 is 0 Å². The molecule has 24 heavy (non-hydrogen) atoms. The lowest BCUT2D eigenvalue weighted by atomic mass is 10.1. The van der Waals surface area contributed by atoms with Crippen molar-refractivity contribution in [3.05, 3.63) is 41.8 Å². The quantitative estimate of drug-likeness (QED) is 0.688. The lowest BCUT2D eigenvalue weighted by Gasteiger charge is -2.17. The van der Waals surface area contributed by atoms with Crippen molar-refractivity contribution in [2.75, 3.05) is 19.6 Å². The molecular weight excluding hydrogens is 354 g/mol. The van der Waals surface area contributed by atoms with Crippen molar-refractivity contribution in [1.29, 1.82) is 0 Å².